The van der Waals surface area contributed by atoms with E-state index in [1.165, 1.54) is 28.1 Å². The van der Waals surface area contributed by atoms with Crippen molar-refractivity contribution in [1.82, 2.24) is 39.3 Å². The number of alkyl halides is 5. The Labute approximate surface area is 230 Å². The Morgan fingerprint density at radius 2 is 1.78 bits per heavy atom. The van der Waals surface area contributed by atoms with Crippen molar-refractivity contribution in [3.05, 3.63) is 72.0 Å². The molecule has 41 heavy (non-hydrogen) atoms. The number of nitrogens with zero attached hydrogens (tertiary/aromatic N) is 8. The first kappa shape index (κ1) is 26.7. The van der Waals surface area contributed by atoms with Crippen LogP contribution in [0.4, 0.5) is 22.0 Å². The standard InChI is InChI=1S/C27H23F5N8O/c1-14(2)39-11-20(27(30,31)32)37-24(39)17-5-3-15(4-6-17)9-18-22-19(10-33-12-34-22)40(38-18)23-21(16-7-8-16)35-13-36-25(23)41-26(28)29/h3-6,10-14,16,26H,7-9H2,1-2H3. The number of aromatic nitrogens is 8. The van der Waals surface area contributed by atoms with Gasteiger partial charge in [0.2, 0.25) is 5.88 Å². The summed E-state index contributed by atoms with van der Waals surface area (Å²) in [6.07, 6.45) is 2.56. The fraction of sp³-hybridized carbons (Fsp3) is 0.333. The van der Waals surface area contributed by atoms with Crippen molar-refractivity contribution in [3.63, 3.8) is 0 Å². The molecule has 0 spiro atoms. The van der Waals surface area contributed by atoms with E-state index in [1.807, 2.05) is 0 Å². The molecular formula is C27H23F5N8O. The van der Waals surface area contributed by atoms with Gasteiger partial charge in [0, 0.05) is 30.1 Å². The molecule has 9 nitrogen and oxygen atoms in total. The second-order valence-corrected chi connectivity index (χ2v) is 10.0. The van der Waals surface area contributed by atoms with E-state index < -0.39 is 18.5 Å². The van der Waals surface area contributed by atoms with Crippen molar-refractivity contribution in [1.29, 1.82) is 0 Å². The third-order valence-electron chi connectivity index (χ3n) is 6.77. The average molecular weight is 571 g/mol. The predicted octanol–water partition coefficient (Wildman–Crippen LogP) is 6.14. The number of rotatable bonds is 8. The summed E-state index contributed by atoms with van der Waals surface area (Å²) < 4.78 is 74.2. The van der Waals surface area contributed by atoms with Gasteiger partial charge in [0.05, 0.1) is 17.6 Å². The average Bonchev–Trinajstić information content (AvgIpc) is 3.56. The van der Waals surface area contributed by atoms with Crippen LogP contribution in [0, 0.1) is 0 Å². The second-order valence-electron chi connectivity index (χ2n) is 10.0. The number of hydrogen-bond acceptors (Lipinski definition) is 7. The van der Waals surface area contributed by atoms with Gasteiger partial charge >= 0.3 is 12.8 Å². The third kappa shape index (κ3) is 5.21. The summed E-state index contributed by atoms with van der Waals surface area (Å²) in [6.45, 7) is 0.477. The van der Waals surface area contributed by atoms with E-state index in [2.05, 4.69) is 24.9 Å². The summed E-state index contributed by atoms with van der Waals surface area (Å²) >= 11 is 0. The smallest absolute Gasteiger partial charge is 0.414 e. The fourth-order valence-electron chi connectivity index (χ4n) is 4.71. The van der Waals surface area contributed by atoms with Crippen LogP contribution < -0.4 is 4.74 Å². The van der Waals surface area contributed by atoms with Gasteiger partial charge in [-0.2, -0.15) is 32.0 Å². The van der Waals surface area contributed by atoms with Gasteiger partial charge in [-0.1, -0.05) is 24.3 Å². The molecule has 6 rings (SSSR count). The fourth-order valence-corrected chi connectivity index (χ4v) is 4.71. The maximum Gasteiger partial charge on any atom is 0.434 e. The first-order chi connectivity index (χ1) is 19.6. The van der Waals surface area contributed by atoms with E-state index in [1.54, 1.807) is 38.1 Å². The Balaban J connectivity index is 1.38. The molecule has 0 atom stereocenters. The highest BCUT2D eigenvalue weighted by molar-refractivity contribution is 5.79. The van der Waals surface area contributed by atoms with E-state index in [4.69, 9.17) is 9.84 Å². The van der Waals surface area contributed by atoms with Gasteiger partial charge in [-0.3, -0.25) is 0 Å². The van der Waals surface area contributed by atoms with Crippen LogP contribution in [0.3, 0.4) is 0 Å². The quantitative estimate of drug-likeness (QED) is 0.207. The zero-order chi connectivity index (χ0) is 28.9. The Morgan fingerprint density at radius 3 is 2.44 bits per heavy atom. The molecule has 14 heteroatoms. The number of fused-ring (bicyclic) bond motifs is 1. The molecule has 1 fully saturated rings. The zero-order valence-electron chi connectivity index (χ0n) is 21.8. The molecule has 1 aliphatic rings. The first-order valence-corrected chi connectivity index (χ1v) is 12.8. The second kappa shape index (κ2) is 10.2. The molecule has 4 aromatic heterocycles. The molecule has 0 amide bonds. The molecule has 0 unspecified atom stereocenters. The van der Waals surface area contributed by atoms with Gasteiger partial charge in [0.15, 0.2) is 5.69 Å². The van der Waals surface area contributed by atoms with Crippen LogP contribution in [0.2, 0.25) is 0 Å². The largest absolute Gasteiger partial charge is 0.434 e. The van der Waals surface area contributed by atoms with Crippen molar-refractivity contribution in [2.24, 2.45) is 0 Å². The maximum atomic E-state index is 13.3. The van der Waals surface area contributed by atoms with Crippen LogP contribution in [0.25, 0.3) is 28.1 Å². The van der Waals surface area contributed by atoms with Gasteiger partial charge in [0.25, 0.3) is 0 Å². The topological polar surface area (TPSA) is 96.4 Å². The highest BCUT2D eigenvalue weighted by Gasteiger charge is 2.35. The summed E-state index contributed by atoms with van der Waals surface area (Å²) in [7, 11) is 0. The van der Waals surface area contributed by atoms with Crippen LogP contribution in [0.15, 0.2) is 49.3 Å². The summed E-state index contributed by atoms with van der Waals surface area (Å²) in [6, 6.07) is 6.73. The number of halogens is 5. The predicted molar refractivity (Wildman–Crippen MR) is 137 cm³/mol. The normalized spacial score (nSPS) is 14.0. The maximum absolute atomic E-state index is 13.3. The van der Waals surface area contributed by atoms with Crippen molar-refractivity contribution in [2.75, 3.05) is 0 Å². The molecule has 4 heterocycles. The molecule has 0 saturated heterocycles. The van der Waals surface area contributed by atoms with Gasteiger partial charge in [-0.15, -0.1) is 0 Å². The zero-order valence-corrected chi connectivity index (χ0v) is 21.8. The molecule has 1 saturated carbocycles. The third-order valence-corrected chi connectivity index (χ3v) is 6.77. The van der Waals surface area contributed by atoms with E-state index in [0.29, 0.717) is 34.4 Å². The van der Waals surface area contributed by atoms with E-state index >= 15 is 0 Å². The molecule has 5 aromatic rings. The molecule has 0 aliphatic heterocycles. The van der Waals surface area contributed by atoms with Gasteiger partial charge in [-0.25, -0.2) is 24.6 Å². The van der Waals surface area contributed by atoms with E-state index in [0.717, 1.165) is 24.6 Å². The summed E-state index contributed by atoms with van der Waals surface area (Å²) in [5.41, 5.74) is 2.65. The number of benzene rings is 1. The summed E-state index contributed by atoms with van der Waals surface area (Å²) in [5, 5.41) is 4.71. The van der Waals surface area contributed by atoms with Gasteiger partial charge in [-0.05, 0) is 32.3 Å². The molecule has 1 aromatic carbocycles. The summed E-state index contributed by atoms with van der Waals surface area (Å²) in [5.74, 6) is -0.00585. The van der Waals surface area contributed by atoms with E-state index in [-0.39, 0.29) is 29.4 Å². The lowest BCUT2D eigenvalue weighted by molar-refractivity contribution is -0.140. The Hall–Kier alpha value is -4.49. The monoisotopic (exact) mass is 570 g/mol. The minimum atomic E-state index is -4.56. The number of ether oxygens (including phenoxy) is 1. The lowest BCUT2D eigenvalue weighted by Crippen LogP contribution is -2.12. The number of imidazole rings is 1. The molecule has 0 bridgehead atoms. The Morgan fingerprint density at radius 1 is 1.02 bits per heavy atom. The highest BCUT2D eigenvalue weighted by Crippen LogP contribution is 2.44. The minimum Gasteiger partial charge on any atom is -0.414 e. The van der Waals surface area contributed by atoms with E-state index in [9.17, 15) is 22.0 Å². The van der Waals surface area contributed by atoms with Crippen molar-refractivity contribution in [2.45, 2.75) is 57.9 Å². The Kier molecular flexibility index (Phi) is 6.62. The summed E-state index contributed by atoms with van der Waals surface area (Å²) in [4.78, 5) is 20.6. The van der Waals surface area contributed by atoms with Gasteiger partial charge in [0.1, 0.15) is 35.2 Å². The van der Waals surface area contributed by atoms with Crippen molar-refractivity contribution >= 4 is 11.0 Å². The number of hydrogen-bond donors (Lipinski definition) is 0. The lowest BCUT2D eigenvalue weighted by Gasteiger charge is -2.13. The van der Waals surface area contributed by atoms with Gasteiger partial charge < -0.3 is 9.30 Å². The molecular weight excluding hydrogens is 547 g/mol. The van der Waals surface area contributed by atoms with Crippen molar-refractivity contribution in [3.8, 4) is 23.0 Å². The minimum absolute atomic E-state index is 0.0733. The molecule has 212 valence electrons. The van der Waals surface area contributed by atoms with Crippen LogP contribution >= 0.6 is 0 Å². The van der Waals surface area contributed by atoms with Crippen LogP contribution in [-0.4, -0.2) is 45.9 Å². The Bertz CT molecular complexity index is 1710. The lowest BCUT2D eigenvalue weighted by atomic mass is 10.1. The van der Waals surface area contributed by atoms with Crippen LogP contribution in [0.1, 0.15) is 61.3 Å². The molecule has 0 radical (unpaired) electrons. The van der Waals surface area contributed by atoms with Crippen molar-refractivity contribution < 1.29 is 26.7 Å². The SMILES string of the molecule is CC(C)n1cc(C(F)(F)F)nc1-c1ccc(Cc2nn(-c3c(OC(F)F)ncnc3C3CC3)c3cncnc23)cc1. The molecule has 0 N–H and O–H groups in total. The first-order valence-electron chi connectivity index (χ1n) is 12.8. The van der Waals surface area contributed by atoms with Crippen LogP contribution in [-0.2, 0) is 12.6 Å². The van der Waals surface area contributed by atoms with Crippen LogP contribution in [0.5, 0.6) is 5.88 Å². The highest BCUT2D eigenvalue weighted by atomic mass is 19.4. The molecule has 1 aliphatic carbocycles.